The third-order valence-corrected chi connectivity index (χ3v) is 4.89. The number of hydrogen-bond donors (Lipinski definition) is 1. The number of pyridine rings is 1. The lowest BCUT2D eigenvalue weighted by Crippen LogP contribution is -2.41. The molecule has 1 aromatic carbocycles. The normalized spacial score (nSPS) is 18.8. The predicted molar refractivity (Wildman–Crippen MR) is 102 cm³/mol. The number of carbonyl (C=O) groups is 1. The van der Waals surface area contributed by atoms with Gasteiger partial charge < -0.3 is 5.73 Å². The highest BCUT2D eigenvalue weighted by Gasteiger charge is 2.49. The quantitative estimate of drug-likeness (QED) is 0.732. The van der Waals surface area contributed by atoms with Crippen molar-refractivity contribution < 1.29 is 13.6 Å². The molecule has 0 fully saturated rings. The van der Waals surface area contributed by atoms with Gasteiger partial charge in [-0.25, -0.2) is 13.8 Å². The topological polar surface area (TPSA) is 97.4 Å². The highest BCUT2D eigenvalue weighted by Crippen LogP contribution is 2.41. The van der Waals surface area contributed by atoms with Crippen molar-refractivity contribution in [3.8, 4) is 11.1 Å². The number of aromatic nitrogens is 3. The Morgan fingerprint density at radius 2 is 1.90 bits per heavy atom. The van der Waals surface area contributed by atoms with Crippen molar-refractivity contribution in [1.82, 2.24) is 20.1 Å². The average Bonchev–Trinajstić information content (AvgIpc) is 2.99. The molecule has 4 rings (SSSR count). The van der Waals surface area contributed by atoms with Crippen LogP contribution in [-0.4, -0.2) is 39.0 Å². The van der Waals surface area contributed by atoms with Gasteiger partial charge >= 0.3 is 0 Å². The van der Waals surface area contributed by atoms with E-state index in [1.54, 1.807) is 12.1 Å². The maximum atomic E-state index is 14.6. The summed E-state index contributed by atoms with van der Waals surface area (Å²) in [6, 6.07) is 8.89. The zero-order valence-electron chi connectivity index (χ0n) is 15.4. The SMILES string of the molecule is CN1C(=O)C(c2ccnc(CF)c2)(c2ccc(F)c(-c3ccnnc3)c2)N=C1N. The third kappa shape index (κ3) is 2.91. The number of likely N-dealkylation sites (N-methyl/N-ethyl adjacent to an activating group) is 1. The molecule has 1 unspecified atom stereocenters. The molecule has 0 radical (unpaired) electrons. The molecule has 29 heavy (non-hydrogen) atoms. The number of amides is 1. The number of aliphatic imine (C=N–C) groups is 1. The fourth-order valence-corrected chi connectivity index (χ4v) is 3.38. The van der Waals surface area contributed by atoms with E-state index in [0.717, 1.165) is 0 Å². The molecule has 146 valence electrons. The molecular formula is C20H16F2N6O. The molecule has 0 saturated heterocycles. The Hall–Kier alpha value is -3.75. The number of nitrogens with zero attached hydrogens (tertiary/aromatic N) is 5. The highest BCUT2D eigenvalue weighted by atomic mass is 19.1. The maximum Gasteiger partial charge on any atom is 0.266 e. The monoisotopic (exact) mass is 394 g/mol. The molecule has 3 heterocycles. The van der Waals surface area contributed by atoms with Crippen LogP contribution in [0.5, 0.6) is 0 Å². The Kier molecular flexibility index (Phi) is 4.50. The number of halogens is 2. The molecule has 2 aromatic heterocycles. The van der Waals surface area contributed by atoms with Gasteiger partial charge in [0.05, 0.1) is 18.1 Å². The van der Waals surface area contributed by atoms with Crippen LogP contribution in [0.3, 0.4) is 0 Å². The molecule has 0 aliphatic carbocycles. The number of carbonyl (C=O) groups excluding carboxylic acids is 1. The van der Waals surface area contributed by atoms with E-state index in [2.05, 4.69) is 20.2 Å². The smallest absolute Gasteiger partial charge is 0.266 e. The van der Waals surface area contributed by atoms with Gasteiger partial charge in [0, 0.05) is 24.4 Å². The second-order valence-corrected chi connectivity index (χ2v) is 6.54. The molecule has 2 N–H and O–H groups in total. The van der Waals surface area contributed by atoms with Crippen molar-refractivity contribution >= 4 is 11.9 Å². The Bertz CT molecular complexity index is 1120. The summed E-state index contributed by atoms with van der Waals surface area (Å²) in [5.41, 5.74) is 6.02. The summed E-state index contributed by atoms with van der Waals surface area (Å²) in [6.45, 7) is -0.801. The van der Waals surface area contributed by atoms with Crippen LogP contribution in [0.2, 0.25) is 0 Å². The van der Waals surface area contributed by atoms with Crippen LogP contribution < -0.4 is 5.73 Å². The van der Waals surface area contributed by atoms with Crippen LogP contribution in [0.4, 0.5) is 8.78 Å². The van der Waals surface area contributed by atoms with E-state index in [0.29, 0.717) is 16.7 Å². The summed E-state index contributed by atoms with van der Waals surface area (Å²) in [5, 5.41) is 7.48. The first-order valence-corrected chi connectivity index (χ1v) is 8.69. The van der Waals surface area contributed by atoms with E-state index >= 15 is 0 Å². The van der Waals surface area contributed by atoms with E-state index in [1.165, 1.54) is 54.8 Å². The van der Waals surface area contributed by atoms with E-state index in [1.807, 2.05) is 0 Å². The zero-order valence-corrected chi connectivity index (χ0v) is 15.4. The van der Waals surface area contributed by atoms with Crippen molar-refractivity contribution in [2.45, 2.75) is 12.2 Å². The van der Waals surface area contributed by atoms with Crippen LogP contribution >= 0.6 is 0 Å². The van der Waals surface area contributed by atoms with Crippen molar-refractivity contribution in [1.29, 1.82) is 0 Å². The third-order valence-electron chi connectivity index (χ3n) is 4.89. The zero-order chi connectivity index (χ0) is 20.6. The van der Waals surface area contributed by atoms with Crippen molar-refractivity contribution in [3.05, 3.63) is 77.6 Å². The lowest BCUT2D eigenvalue weighted by atomic mass is 9.82. The molecule has 1 atom stereocenters. The van der Waals surface area contributed by atoms with Gasteiger partial charge in [-0.05, 0) is 41.5 Å². The molecule has 0 saturated carbocycles. The Labute approximate surface area is 164 Å². The fraction of sp³-hybridized carbons (Fsp3) is 0.150. The first-order valence-electron chi connectivity index (χ1n) is 8.69. The molecule has 9 heteroatoms. The minimum atomic E-state index is -1.57. The van der Waals surface area contributed by atoms with Gasteiger partial charge in [-0.3, -0.25) is 14.7 Å². The maximum absolute atomic E-state index is 14.6. The van der Waals surface area contributed by atoms with Crippen LogP contribution in [0.25, 0.3) is 11.1 Å². The van der Waals surface area contributed by atoms with Crippen molar-refractivity contribution in [2.24, 2.45) is 10.7 Å². The van der Waals surface area contributed by atoms with Crippen molar-refractivity contribution in [3.63, 3.8) is 0 Å². The minimum absolute atomic E-state index is 0.00469. The molecule has 1 amide bonds. The first-order chi connectivity index (χ1) is 14.0. The summed E-state index contributed by atoms with van der Waals surface area (Å²) in [6.07, 6.45) is 4.27. The van der Waals surface area contributed by atoms with Gasteiger partial charge in [-0.2, -0.15) is 10.2 Å². The lowest BCUT2D eigenvalue weighted by molar-refractivity contribution is -0.129. The van der Waals surface area contributed by atoms with Gasteiger partial charge in [-0.1, -0.05) is 6.07 Å². The van der Waals surface area contributed by atoms with Gasteiger partial charge in [0.15, 0.2) is 11.5 Å². The van der Waals surface area contributed by atoms with Crippen molar-refractivity contribution in [2.75, 3.05) is 7.05 Å². The number of alkyl halides is 1. The molecule has 1 aliphatic rings. The first kappa shape index (κ1) is 18.6. The average molecular weight is 394 g/mol. The Balaban J connectivity index is 1.98. The van der Waals surface area contributed by atoms with E-state index in [9.17, 15) is 13.6 Å². The van der Waals surface area contributed by atoms with E-state index in [-0.39, 0.29) is 17.2 Å². The number of hydrogen-bond acceptors (Lipinski definition) is 6. The second-order valence-electron chi connectivity index (χ2n) is 6.54. The van der Waals surface area contributed by atoms with Crippen LogP contribution in [0.1, 0.15) is 16.8 Å². The molecule has 7 nitrogen and oxygen atoms in total. The van der Waals surface area contributed by atoms with Gasteiger partial charge in [0.1, 0.15) is 12.5 Å². The molecule has 1 aliphatic heterocycles. The summed E-state index contributed by atoms with van der Waals surface area (Å²) < 4.78 is 27.8. The molecule has 3 aromatic rings. The van der Waals surface area contributed by atoms with E-state index < -0.39 is 23.9 Å². The summed E-state index contributed by atoms with van der Waals surface area (Å²) in [4.78, 5) is 22.9. The standard InChI is InChI=1S/C20H16F2N6O/c1-28-18(29)20(27-19(28)23,14-5-6-24-15(8-14)10-21)13-2-3-17(22)16(9-13)12-4-7-25-26-11-12/h2-9,11H,10H2,1H3,(H2,23,27). The van der Waals surface area contributed by atoms with Crippen LogP contribution in [0, 0.1) is 5.82 Å². The second kappa shape index (κ2) is 7.01. The van der Waals surface area contributed by atoms with Crippen LogP contribution in [0.15, 0.2) is 60.0 Å². The molecule has 0 spiro atoms. The summed E-state index contributed by atoms with van der Waals surface area (Å²) in [7, 11) is 1.50. The number of rotatable bonds is 4. The molecular weight excluding hydrogens is 378 g/mol. The van der Waals surface area contributed by atoms with Gasteiger partial charge in [-0.15, -0.1) is 0 Å². The largest absolute Gasteiger partial charge is 0.369 e. The van der Waals surface area contributed by atoms with Gasteiger partial charge in [0.25, 0.3) is 5.91 Å². The highest BCUT2D eigenvalue weighted by molar-refractivity contribution is 6.09. The number of nitrogens with two attached hydrogens (primary N) is 1. The summed E-state index contributed by atoms with van der Waals surface area (Å²) >= 11 is 0. The lowest BCUT2D eigenvalue weighted by Gasteiger charge is -2.26. The Morgan fingerprint density at radius 1 is 1.10 bits per heavy atom. The summed E-state index contributed by atoms with van der Waals surface area (Å²) in [5.74, 6) is -0.923. The minimum Gasteiger partial charge on any atom is -0.369 e. The van der Waals surface area contributed by atoms with Gasteiger partial charge in [0.2, 0.25) is 0 Å². The van der Waals surface area contributed by atoms with E-state index in [4.69, 9.17) is 5.73 Å². The molecule has 0 bridgehead atoms. The predicted octanol–water partition coefficient (Wildman–Crippen LogP) is 2.18. The Morgan fingerprint density at radius 3 is 2.55 bits per heavy atom. The number of benzene rings is 1. The number of guanidine groups is 1. The fourth-order valence-electron chi connectivity index (χ4n) is 3.38. The van der Waals surface area contributed by atoms with Crippen LogP contribution in [-0.2, 0) is 17.0 Å².